The highest BCUT2D eigenvalue weighted by Crippen LogP contribution is 2.34. The van der Waals surface area contributed by atoms with Crippen molar-refractivity contribution < 1.29 is 18.8 Å². The first-order valence-corrected chi connectivity index (χ1v) is 12.8. The zero-order valence-electron chi connectivity index (χ0n) is 21.3. The van der Waals surface area contributed by atoms with E-state index in [4.69, 9.17) is 16.0 Å². The summed E-state index contributed by atoms with van der Waals surface area (Å²) in [7, 11) is 5.80. The predicted octanol–water partition coefficient (Wildman–Crippen LogP) is 4.50. The Morgan fingerprint density at radius 2 is 1.68 bits per heavy atom. The first-order valence-electron chi connectivity index (χ1n) is 12.4. The molecular weight excluding hydrogens is 494 g/mol. The van der Waals surface area contributed by atoms with E-state index < -0.39 is 5.91 Å². The van der Waals surface area contributed by atoms with E-state index in [1.54, 1.807) is 35.2 Å². The van der Waals surface area contributed by atoms with Crippen LogP contribution in [0.25, 0.3) is 11.0 Å². The first-order chi connectivity index (χ1) is 17.7. The highest BCUT2D eigenvalue weighted by molar-refractivity contribution is 6.30. The molecule has 0 saturated heterocycles. The van der Waals surface area contributed by atoms with Gasteiger partial charge in [-0.3, -0.25) is 14.4 Å². The third-order valence-electron chi connectivity index (χ3n) is 6.72. The summed E-state index contributed by atoms with van der Waals surface area (Å²) >= 11 is 5.88. The maximum atomic E-state index is 13.3. The number of nitrogens with one attached hydrogen (secondary N) is 2. The lowest BCUT2D eigenvalue weighted by Crippen LogP contribution is -2.39. The number of carbonyl (C=O) groups excluding carboxylic acids is 3. The van der Waals surface area contributed by atoms with E-state index >= 15 is 0 Å². The number of hydrogen-bond donors (Lipinski definition) is 2. The number of para-hydroxylation sites is 1. The molecule has 2 heterocycles. The number of benzene rings is 1. The second kappa shape index (κ2) is 11.7. The second-order valence-corrected chi connectivity index (χ2v) is 10.2. The number of rotatable bonds is 8. The fourth-order valence-electron chi connectivity index (χ4n) is 4.55. The van der Waals surface area contributed by atoms with Crippen molar-refractivity contribution in [2.45, 2.75) is 25.7 Å². The van der Waals surface area contributed by atoms with Gasteiger partial charge in [0.25, 0.3) is 5.91 Å². The number of furan rings is 1. The van der Waals surface area contributed by atoms with Gasteiger partial charge < -0.3 is 24.9 Å². The average molecular weight is 526 g/mol. The number of pyridine rings is 1. The molecule has 3 aromatic rings. The Labute approximate surface area is 221 Å². The number of carbonyl (C=O) groups is 3. The first kappa shape index (κ1) is 26.6. The number of hydrogen-bond acceptors (Lipinski definition) is 6. The summed E-state index contributed by atoms with van der Waals surface area (Å²) in [5.74, 6) is -0.592. The summed E-state index contributed by atoms with van der Waals surface area (Å²) in [6, 6.07) is 10.4. The van der Waals surface area contributed by atoms with Crippen molar-refractivity contribution in [2.75, 3.05) is 44.9 Å². The summed E-state index contributed by atoms with van der Waals surface area (Å²) in [5.41, 5.74) is 0.816. The number of anilines is 2. The number of aromatic nitrogens is 1. The van der Waals surface area contributed by atoms with Crippen LogP contribution >= 0.6 is 11.6 Å². The molecule has 0 unspecified atom stereocenters. The molecule has 0 atom stereocenters. The quantitative estimate of drug-likeness (QED) is 0.448. The molecule has 9 nitrogen and oxygen atoms in total. The Hall–Kier alpha value is -3.43. The molecule has 10 heteroatoms. The molecule has 2 aromatic heterocycles. The van der Waals surface area contributed by atoms with Crippen LogP contribution in [-0.4, -0.2) is 66.7 Å². The lowest BCUT2D eigenvalue weighted by Gasteiger charge is -2.30. The van der Waals surface area contributed by atoms with E-state index in [2.05, 4.69) is 15.6 Å². The second-order valence-electron chi connectivity index (χ2n) is 9.72. The molecule has 1 aromatic carbocycles. The normalized spacial score (nSPS) is 17.5. The van der Waals surface area contributed by atoms with Gasteiger partial charge in [0.2, 0.25) is 17.6 Å². The van der Waals surface area contributed by atoms with Crippen molar-refractivity contribution in [3.8, 4) is 0 Å². The lowest BCUT2D eigenvalue weighted by atomic mass is 9.81. The van der Waals surface area contributed by atoms with Crippen molar-refractivity contribution in [2.24, 2.45) is 11.8 Å². The largest absolute Gasteiger partial charge is 0.449 e. The Balaban J connectivity index is 1.43. The molecule has 0 radical (unpaired) electrons. The van der Waals surface area contributed by atoms with E-state index in [1.807, 2.05) is 32.1 Å². The van der Waals surface area contributed by atoms with Gasteiger partial charge in [-0.1, -0.05) is 23.7 Å². The van der Waals surface area contributed by atoms with Crippen LogP contribution in [0.4, 0.5) is 11.5 Å². The van der Waals surface area contributed by atoms with Gasteiger partial charge in [0.05, 0.1) is 5.02 Å². The van der Waals surface area contributed by atoms with Crippen LogP contribution in [0.3, 0.4) is 0 Å². The topological polar surface area (TPSA) is 108 Å². The molecule has 0 aliphatic heterocycles. The van der Waals surface area contributed by atoms with Gasteiger partial charge in [-0.05, 0) is 64.0 Å². The number of nitrogens with zero attached hydrogens (tertiary/aromatic N) is 3. The predicted molar refractivity (Wildman–Crippen MR) is 144 cm³/mol. The minimum absolute atomic E-state index is 0.00215. The van der Waals surface area contributed by atoms with Gasteiger partial charge in [-0.25, -0.2) is 4.98 Å². The third kappa shape index (κ3) is 6.47. The van der Waals surface area contributed by atoms with Gasteiger partial charge in [-0.2, -0.15) is 0 Å². The van der Waals surface area contributed by atoms with Crippen LogP contribution in [0.2, 0.25) is 5.02 Å². The number of halogens is 1. The molecule has 2 N–H and O–H groups in total. The maximum Gasteiger partial charge on any atom is 0.294 e. The fourth-order valence-corrected chi connectivity index (χ4v) is 4.66. The average Bonchev–Trinajstić information content (AvgIpc) is 3.26. The molecule has 0 bridgehead atoms. The molecule has 1 aliphatic carbocycles. The highest BCUT2D eigenvalue weighted by Gasteiger charge is 2.32. The SMILES string of the molecule is CN(C)CCN(C)C(=O)C1CCC(C(=O)Nc2c(C(=O)Nc3ccc(Cl)cn3)oc3ccccc23)CC1. The third-order valence-corrected chi connectivity index (χ3v) is 6.95. The summed E-state index contributed by atoms with van der Waals surface area (Å²) in [4.78, 5) is 47.0. The zero-order valence-corrected chi connectivity index (χ0v) is 22.0. The van der Waals surface area contributed by atoms with E-state index in [1.165, 1.54) is 6.20 Å². The number of fused-ring (bicyclic) bond motifs is 1. The monoisotopic (exact) mass is 525 g/mol. The smallest absolute Gasteiger partial charge is 0.294 e. The standard InChI is InChI=1S/C27H32ClN5O4/c1-32(2)14-15-33(3)27(36)18-10-8-17(9-11-18)25(34)31-23-20-6-4-5-7-21(20)37-24(23)26(35)30-22-13-12-19(28)16-29-22/h4-7,12-13,16-18H,8-11,14-15H2,1-3H3,(H,31,34)(H,29,30,35). The molecule has 196 valence electrons. The number of amides is 3. The van der Waals surface area contributed by atoms with E-state index in [9.17, 15) is 14.4 Å². The van der Waals surface area contributed by atoms with Crippen molar-refractivity contribution >= 4 is 51.8 Å². The van der Waals surface area contributed by atoms with Gasteiger partial charge in [-0.15, -0.1) is 0 Å². The zero-order chi connectivity index (χ0) is 26.5. The minimum atomic E-state index is -0.531. The lowest BCUT2D eigenvalue weighted by molar-refractivity contribution is -0.136. The van der Waals surface area contributed by atoms with E-state index in [-0.39, 0.29) is 29.4 Å². The molecule has 1 aliphatic rings. The van der Waals surface area contributed by atoms with Gasteiger partial charge in [0.1, 0.15) is 17.1 Å². The van der Waals surface area contributed by atoms with Crippen LogP contribution in [0, 0.1) is 11.8 Å². The summed E-state index contributed by atoms with van der Waals surface area (Å²) < 4.78 is 5.83. The van der Waals surface area contributed by atoms with Gasteiger partial charge >= 0.3 is 0 Å². The van der Waals surface area contributed by atoms with Crippen molar-refractivity contribution in [1.29, 1.82) is 0 Å². The van der Waals surface area contributed by atoms with Crippen LogP contribution < -0.4 is 10.6 Å². The van der Waals surface area contributed by atoms with E-state index in [0.717, 1.165) is 6.54 Å². The van der Waals surface area contributed by atoms with Crippen molar-refractivity contribution in [1.82, 2.24) is 14.8 Å². The molecule has 1 saturated carbocycles. The number of likely N-dealkylation sites (N-methyl/N-ethyl adjacent to an activating group) is 2. The summed E-state index contributed by atoms with van der Waals surface area (Å²) in [6.07, 6.45) is 3.96. The molecule has 37 heavy (non-hydrogen) atoms. The molecule has 0 spiro atoms. The Kier molecular flexibility index (Phi) is 8.45. The van der Waals surface area contributed by atoms with Crippen molar-refractivity contribution in [3.05, 3.63) is 53.4 Å². The summed E-state index contributed by atoms with van der Waals surface area (Å²) in [5, 5.41) is 6.72. The Bertz CT molecular complexity index is 1270. The summed E-state index contributed by atoms with van der Waals surface area (Å²) in [6.45, 7) is 1.48. The maximum absolute atomic E-state index is 13.3. The van der Waals surface area contributed by atoms with Crippen LogP contribution in [0.15, 0.2) is 47.0 Å². The molecule has 3 amide bonds. The van der Waals surface area contributed by atoms with Crippen LogP contribution in [-0.2, 0) is 9.59 Å². The fraction of sp³-hybridized carbons (Fsp3) is 0.407. The van der Waals surface area contributed by atoms with Gasteiger partial charge in [0, 0.05) is 43.6 Å². The Morgan fingerprint density at radius 3 is 2.35 bits per heavy atom. The van der Waals surface area contributed by atoms with Crippen LogP contribution in [0.5, 0.6) is 0 Å². The molecule has 4 rings (SSSR count). The minimum Gasteiger partial charge on any atom is -0.449 e. The van der Waals surface area contributed by atoms with E-state index in [0.29, 0.717) is 59.7 Å². The van der Waals surface area contributed by atoms with Crippen molar-refractivity contribution in [3.63, 3.8) is 0 Å². The Morgan fingerprint density at radius 1 is 0.973 bits per heavy atom. The van der Waals surface area contributed by atoms with Gasteiger partial charge in [0.15, 0.2) is 0 Å². The van der Waals surface area contributed by atoms with Crippen LogP contribution in [0.1, 0.15) is 36.2 Å². The molecular formula is C27H32ClN5O4. The molecule has 1 fully saturated rings. The highest BCUT2D eigenvalue weighted by atomic mass is 35.5.